The molecule has 3 aromatic carbocycles. The van der Waals surface area contributed by atoms with E-state index in [-0.39, 0.29) is 5.75 Å². The number of hydrogen-bond acceptors (Lipinski definition) is 5. The second-order valence-corrected chi connectivity index (χ2v) is 6.22. The number of ether oxygens (including phenoxy) is 2. The molecule has 4 aromatic rings. The monoisotopic (exact) mass is 373 g/mol. The summed E-state index contributed by atoms with van der Waals surface area (Å²) in [5.41, 5.74) is 4.32. The van der Waals surface area contributed by atoms with Crippen molar-refractivity contribution in [1.82, 2.24) is 5.16 Å². The van der Waals surface area contributed by atoms with Crippen molar-refractivity contribution in [3.8, 4) is 50.8 Å². The third-order valence-corrected chi connectivity index (χ3v) is 4.65. The van der Waals surface area contributed by atoms with Gasteiger partial charge < -0.3 is 19.1 Å². The zero-order chi connectivity index (χ0) is 19.5. The average molecular weight is 373 g/mol. The lowest BCUT2D eigenvalue weighted by molar-refractivity contribution is 0.414. The van der Waals surface area contributed by atoms with E-state index in [2.05, 4.69) is 5.16 Å². The Balaban J connectivity index is 1.98. The summed E-state index contributed by atoms with van der Waals surface area (Å²) >= 11 is 0. The second-order valence-electron chi connectivity index (χ2n) is 6.22. The first-order valence-corrected chi connectivity index (χ1v) is 8.77. The second kappa shape index (κ2) is 7.48. The number of phenolic OH excluding ortho intramolecular Hbond substituents is 1. The quantitative estimate of drug-likeness (QED) is 0.507. The van der Waals surface area contributed by atoms with Crippen LogP contribution in [0.15, 0.2) is 77.4 Å². The zero-order valence-corrected chi connectivity index (χ0v) is 15.5. The molecule has 0 aliphatic heterocycles. The Morgan fingerprint density at radius 3 is 1.86 bits per heavy atom. The van der Waals surface area contributed by atoms with E-state index < -0.39 is 0 Å². The van der Waals surface area contributed by atoms with Crippen molar-refractivity contribution in [3.05, 3.63) is 72.9 Å². The van der Waals surface area contributed by atoms with Gasteiger partial charge in [0.2, 0.25) is 0 Å². The summed E-state index contributed by atoms with van der Waals surface area (Å²) in [5.74, 6) is 2.17. The molecule has 0 saturated heterocycles. The lowest BCUT2D eigenvalue weighted by Crippen LogP contribution is -1.92. The van der Waals surface area contributed by atoms with Crippen molar-refractivity contribution >= 4 is 0 Å². The van der Waals surface area contributed by atoms with E-state index in [1.165, 1.54) is 0 Å². The Morgan fingerprint density at radius 2 is 1.32 bits per heavy atom. The Bertz CT molecular complexity index is 1070. The Hall–Kier alpha value is -3.73. The van der Waals surface area contributed by atoms with E-state index in [4.69, 9.17) is 14.0 Å². The van der Waals surface area contributed by atoms with Gasteiger partial charge in [0.1, 0.15) is 17.2 Å². The number of nitrogens with zero attached hydrogens (tertiary/aromatic N) is 1. The van der Waals surface area contributed by atoms with E-state index in [1.54, 1.807) is 32.5 Å². The van der Waals surface area contributed by atoms with Crippen molar-refractivity contribution in [2.75, 3.05) is 14.2 Å². The van der Waals surface area contributed by atoms with E-state index in [9.17, 15) is 5.11 Å². The van der Waals surface area contributed by atoms with Crippen molar-refractivity contribution in [3.63, 3.8) is 0 Å². The highest BCUT2D eigenvalue weighted by molar-refractivity contribution is 5.96. The SMILES string of the molecule is COc1ccc(-c2ccc(O)c(-c3ccno3)c2-c2ccc(OC)cc2)cc1. The number of hydrogen-bond donors (Lipinski definition) is 1. The maximum atomic E-state index is 10.6. The molecule has 0 bridgehead atoms. The fraction of sp³-hybridized carbons (Fsp3) is 0.0870. The number of aromatic nitrogens is 1. The molecule has 0 aliphatic rings. The number of methoxy groups -OCH3 is 2. The van der Waals surface area contributed by atoms with Gasteiger partial charge in [-0.05, 0) is 47.0 Å². The van der Waals surface area contributed by atoms with Crippen LogP contribution < -0.4 is 9.47 Å². The predicted molar refractivity (Wildman–Crippen MR) is 108 cm³/mol. The topological polar surface area (TPSA) is 64.7 Å². The van der Waals surface area contributed by atoms with Gasteiger partial charge in [-0.3, -0.25) is 0 Å². The molecular weight excluding hydrogens is 354 g/mol. The molecule has 4 rings (SSSR count). The van der Waals surface area contributed by atoms with Crippen LogP contribution in [0.5, 0.6) is 17.2 Å². The largest absolute Gasteiger partial charge is 0.507 e. The standard InChI is InChI=1S/C23H19NO4/c1-26-17-7-3-15(4-8-17)19-11-12-20(25)23(21-13-14-24-28-21)22(19)16-5-9-18(27-2)10-6-16/h3-14,25H,1-2H3. The highest BCUT2D eigenvalue weighted by Crippen LogP contribution is 2.45. The maximum absolute atomic E-state index is 10.6. The maximum Gasteiger partial charge on any atom is 0.171 e. The lowest BCUT2D eigenvalue weighted by atomic mass is 9.89. The number of benzene rings is 3. The molecule has 1 heterocycles. The molecule has 0 spiro atoms. The summed E-state index contributed by atoms with van der Waals surface area (Å²) in [7, 11) is 3.27. The van der Waals surface area contributed by atoms with Crippen LogP contribution in [0.4, 0.5) is 0 Å². The minimum Gasteiger partial charge on any atom is -0.507 e. The first-order valence-electron chi connectivity index (χ1n) is 8.77. The average Bonchev–Trinajstić information content (AvgIpc) is 3.28. The van der Waals surface area contributed by atoms with Gasteiger partial charge in [-0.25, -0.2) is 0 Å². The summed E-state index contributed by atoms with van der Waals surface area (Å²) in [4.78, 5) is 0. The van der Waals surface area contributed by atoms with E-state index >= 15 is 0 Å². The van der Waals surface area contributed by atoms with Gasteiger partial charge in [0.05, 0.1) is 26.0 Å². The van der Waals surface area contributed by atoms with Gasteiger partial charge in [-0.15, -0.1) is 0 Å². The number of rotatable bonds is 5. The summed E-state index contributed by atoms with van der Waals surface area (Å²) in [6.07, 6.45) is 1.56. The highest BCUT2D eigenvalue weighted by atomic mass is 16.5. The molecule has 0 unspecified atom stereocenters. The van der Waals surface area contributed by atoms with Crippen LogP contribution >= 0.6 is 0 Å². The van der Waals surface area contributed by atoms with Crippen molar-refractivity contribution in [2.24, 2.45) is 0 Å². The Morgan fingerprint density at radius 1 is 0.714 bits per heavy atom. The van der Waals surface area contributed by atoms with Crippen LogP contribution in [0.3, 0.4) is 0 Å². The zero-order valence-electron chi connectivity index (χ0n) is 15.5. The van der Waals surface area contributed by atoms with Crippen LogP contribution in [0.1, 0.15) is 0 Å². The van der Waals surface area contributed by atoms with Gasteiger partial charge in [-0.2, -0.15) is 0 Å². The molecule has 1 N–H and O–H groups in total. The van der Waals surface area contributed by atoms with Crippen LogP contribution in [0, 0.1) is 0 Å². The van der Waals surface area contributed by atoms with Crippen molar-refractivity contribution in [2.45, 2.75) is 0 Å². The molecule has 0 fully saturated rings. The van der Waals surface area contributed by atoms with Crippen molar-refractivity contribution in [1.29, 1.82) is 0 Å². The molecule has 5 nitrogen and oxygen atoms in total. The first-order chi connectivity index (χ1) is 13.7. The lowest BCUT2D eigenvalue weighted by Gasteiger charge is -2.16. The molecule has 5 heteroatoms. The smallest absolute Gasteiger partial charge is 0.171 e. The van der Waals surface area contributed by atoms with E-state index in [0.29, 0.717) is 11.3 Å². The summed E-state index contributed by atoms with van der Waals surface area (Å²) in [6, 6.07) is 20.8. The number of aromatic hydroxyl groups is 1. The molecule has 0 saturated carbocycles. The summed E-state index contributed by atoms with van der Waals surface area (Å²) in [5, 5.41) is 14.5. The molecule has 1 aromatic heterocycles. The van der Waals surface area contributed by atoms with Gasteiger partial charge in [0, 0.05) is 11.6 Å². The van der Waals surface area contributed by atoms with Gasteiger partial charge >= 0.3 is 0 Å². The van der Waals surface area contributed by atoms with Crippen LogP contribution in [-0.4, -0.2) is 24.5 Å². The minimum absolute atomic E-state index is 0.125. The first kappa shape index (κ1) is 17.7. The Labute approximate surface area is 162 Å². The van der Waals surface area contributed by atoms with Gasteiger partial charge in [-0.1, -0.05) is 35.5 Å². The third kappa shape index (κ3) is 3.18. The molecule has 0 atom stereocenters. The summed E-state index contributed by atoms with van der Waals surface area (Å²) < 4.78 is 15.9. The molecule has 140 valence electrons. The minimum atomic E-state index is 0.125. The van der Waals surface area contributed by atoms with Crippen LogP contribution in [-0.2, 0) is 0 Å². The van der Waals surface area contributed by atoms with Crippen molar-refractivity contribution < 1.29 is 19.1 Å². The normalized spacial score (nSPS) is 10.6. The fourth-order valence-electron chi connectivity index (χ4n) is 3.25. The Kier molecular flexibility index (Phi) is 4.72. The van der Waals surface area contributed by atoms with Gasteiger partial charge in [0.15, 0.2) is 5.76 Å². The van der Waals surface area contributed by atoms with Crippen LogP contribution in [0.25, 0.3) is 33.6 Å². The molecule has 0 amide bonds. The highest BCUT2D eigenvalue weighted by Gasteiger charge is 2.20. The van der Waals surface area contributed by atoms with E-state index in [0.717, 1.165) is 33.8 Å². The van der Waals surface area contributed by atoms with E-state index in [1.807, 2.05) is 54.6 Å². The van der Waals surface area contributed by atoms with Gasteiger partial charge in [0.25, 0.3) is 0 Å². The predicted octanol–water partition coefficient (Wildman–Crippen LogP) is 5.40. The fourth-order valence-corrected chi connectivity index (χ4v) is 3.25. The molecule has 0 radical (unpaired) electrons. The van der Waals surface area contributed by atoms with Crippen LogP contribution in [0.2, 0.25) is 0 Å². The molecule has 28 heavy (non-hydrogen) atoms. The molecule has 0 aliphatic carbocycles. The number of phenols is 1. The summed E-state index contributed by atoms with van der Waals surface area (Å²) in [6.45, 7) is 0. The third-order valence-electron chi connectivity index (χ3n) is 4.65. The molecular formula is C23H19NO4.